The molecule has 0 radical (unpaired) electrons. The SMILES string of the molecule is COc1ccc(C(CNC(=O)c2ccccc2)OC)cc1. The van der Waals surface area contributed by atoms with E-state index in [4.69, 9.17) is 9.47 Å². The van der Waals surface area contributed by atoms with Gasteiger partial charge in [0.25, 0.3) is 5.91 Å². The fourth-order valence-electron chi connectivity index (χ4n) is 2.03. The van der Waals surface area contributed by atoms with Crippen molar-refractivity contribution < 1.29 is 14.3 Å². The summed E-state index contributed by atoms with van der Waals surface area (Å²) in [5.74, 6) is 0.688. The van der Waals surface area contributed by atoms with Gasteiger partial charge in [-0.2, -0.15) is 0 Å². The van der Waals surface area contributed by atoms with Crippen molar-refractivity contribution in [3.63, 3.8) is 0 Å². The van der Waals surface area contributed by atoms with Crippen LogP contribution in [0.1, 0.15) is 22.0 Å². The van der Waals surface area contributed by atoms with E-state index in [1.165, 1.54) is 0 Å². The number of ether oxygens (including phenoxy) is 2. The van der Waals surface area contributed by atoms with Gasteiger partial charge in [-0.05, 0) is 29.8 Å². The Kier molecular flexibility index (Phi) is 5.35. The standard InChI is InChI=1S/C17H19NO3/c1-20-15-10-8-13(9-11-15)16(21-2)12-18-17(19)14-6-4-3-5-7-14/h3-11,16H,12H2,1-2H3,(H,18,19). The minimum atomic E-state index is -0.191. The summed E-state index contributed by atoms with van der Waals surface area (Å²) in [5, 5.41) is 2.88. The summed E-state index contributed by atoms with van der Waals surface area (Å²) < 4.78 is 10.6. The predicted molar refractivity (Wildman–Crippen MR) is 81.5 cm³/mol. The van der Waals surface area contributed by atoms with Gasteiger partial charge in [0.05, 0.1) is 13.2 Å². The third-order valence-electron chi connectivity index (χ3n) is 3.26. The zero-order valence-electron chi connectivity index (χ0n) is 12.2. The number of carbonyl (C=O) groups excluding carboxylic acids is 1. The van der Waals surface area contributed by atoms with Gasteiger partial charge in [0.2, 0.25) is 0 Å². The summed E-state index contributed by atoms with van der Waals surface area (Å²) >= 11 is 0. The molecule has 0 bridgehead atoms. The molecule has 1 atom stereocenters. The molecule has 2 aromatic rings. The molecule has 0 saturated heterocycles. The smallest absolute Gasteiger partial charge is 0.251 e. The highest BCUT2D eigenvalue weighted by Crippen LogP contribution is 2.19. The average molecular weight is 285 g/mol. The molecular formula is C17H19NO3. The van der Waals surface area contributed by atoms with Gasteiger partial charge in [0.15, 0.2) is 0 Å². The third kappa shape index (κ3) is 4.07. The number of amides is 1. The highest BCUT2D eigenvalue weighted by molar-refractivity contribution is 5.94. The average Bonchev–Trinajstić information content (AvgIpc) is 2.56. The van der Waals surface area contributed by atoms with Crippen LogP contribution in [0.15, 0.2) is 54.6 Å². The van der Waals surface area contributed by atoms with E-state index in [0.29, 0.717) is 12.1 Å². The fraction of sp³-hybridized carbons (Fsp3) is 0.235. The molecule has 4 nitrogen and oxygen atoms in total. The van der Waals surface area contributed by atoms with Crippen LogP contribution in [0.25, 0.3) is 0 Å². The summed E-state index contributed by atoms with van der Waals surface area (Å²) in [5.41, 5.74) is 1.63. The minimum Gasteiger partial charge on any atom is -0.497 e. The number of nitrogens with one attached hydrogen (secondary N) is 1. The zero-order valence-corrected chi connectivity index (χ0v) is 12.2. The summed E-state index contributed by atoms with van der Waals surface area (Å²) in [6.45, 7) is 0.413. The largest absolute Gasteiger partial charge is 0.497 e. The van der Waals surface area contributed by atoms with Crippen molar-refractivity contribution in [2.75, 3.05) is 20.8 Å². The molecule has 0 saturated carbocycles. The molecule has 2 rings (SSSR count). The Morgan fingerprint density at radius 2 is 1.71 bits per heavy atom. The molecule has 1 amide bonds. The number of carbonyl (C=O) groups is 1. The van der Waals surface area contributed by atoms with Crippen LogP contribution in [-0.4, -0.2) is 26.7 Å². The van der Waals surface area contributed by atoms with Crippen LogP contribution in [0.4, 0.5) is 0 Å². The first-order valence-corrected chi connectivity index (χ1v) is 6.74. The van der Waals surface area contributed by atoms with E-state index in [9.17, 15) is 4.79 Å². The molecule has 0 aliphatic rings. The topological polar surface area (TPSA) is 47.6 Å². The molecule has 0 aliphatic carbocycles. The lowest BCUT2D eigenvalue weighted by Gasteiger charge is -2.17. The van der Waals surface area contributed by atoms with E-state index in [0.717, 1.165) is 11.3 Å². The number of hydrogen-bond donors (Lipinski definition) is 1. The Hall–Kier alpha value is -2.33. The van der Waals surface area contributed by atoms with E-state index in [1.54, 1.807) is 26.4 Å². The minimum absolute atomic E-state index is 0.105. The Morgan fingerprint density at radius 1 is 1.05 bits per heavy atom. The van der Waals surface area contributed by atoms with Crippen LogP contribution in [-0.2, 0) is 4.74 Å². The molecule has 1 N–H and O–H groups in total. The summed E-state index contributed by atoms with van der Waals surface area (Å²) in [7, 11) is 3.26. The Labute approximate surface area is 124 Å². The zero-order chi connectivity index (χ0) is 15.1. The van der Waals surface area contributed by atoms with Crippen molar-refractivity contribution in [1.82, 2.24) is 5.32 Å². The molecule has 0 aromatic heterocycles. The first-order valence-electron chi connectivity index (χ1n) is 6.74. The summed E-state index contributed by atoms with van der Waals surface area (Å²) in [6, 6.07) is 16.7. The van der Waals surface area contributed by atoms with Crippen molar-refractivity contribution in [1.29, 1.82) is 0 Å². The molecule has 2 aromatic carbocycles. The van der Waals surface area contributed by atoms with Crippen LogP contribution in [0.3, 0.4) is 0 Å². The van der Waals surface area contributed by atoms with E-state index in [2.05, 4.69) is 5.32 Å². The highest BCUT2D eigenvalue weighted by Gasteiger charge is 2.13. The predicted octanol–water partition coefficient (Wildman–Crippen LogP) is 2.81. The normalized spacial score (nSPS) is 11.7. The van der Waals surface area contributed by atoms with Gasteiger partial charge < -0.3 is 14.8 Å². The molecular weight excluding hydrogens is 266 g/mol. The second-order valence-electron chi connectivity index (χ2n) is 4.57. The van der Waals surface area contributed by atoms with Crippen LogP contribution >= 0.6 is 0 Å². The monoisotopic (exact) mass is 285 g/mol. The van der Waals surface area contributed by atoms with Crippen molar-refractivity contribution in [3.05, 3.63) is 65.7 Å². The van der Waals surface area contributed by atoms with E-state index in [1.807, 2.05) is 42.5 Å². The maximum Gasteiger partial charge on any atom is 0.251 e. The molecule has 0 spiro atoms. The van der Waals surface area contributed by atoms with Gasteiger partial charge in [-0.3, -0.25) is 4.79 Å². The second kappa shape index (κ2) is 7.45. The van der Waals surface area contributed by atoms with Gasteiger partial charge in [-0.25, -0.2) is 0 Å². The van der Waals surface area contributed by atoms with E-state index >= 15 is 0 Å². The lowest BCUT2D eigenvalue weighted by Crippen LogP contribution is -2.29. The van der Waals surface area contributed by atoms with Gasteiger partial charge >= 0.3 is 0 Å². The number of hydrogen-bond acceptors (Lipinski definition) is 3. The van der Waals surface area contributed by atoms with E-state index in [-0.39, 0.29) is 12.0 Å². The van der Waals surface area contributed by atoms with Crippen molar-refractivity contribution >= 4 is 5.91 Å². The first kappa shape index (κ1) is 15.1. The summed E-state index contributed by atoms with van der Waals surface area (Å²) in [4.78, 5) is 12.0. The Bertz CT molecular complexity index is 566. The molecule has 1 unspecified atom stereocenters. The van der Waals surface area contributed by atoms with Crippen LogP contribution in [0.2, 0.25) is 0 Å². The van der Waals surface area contributed by atoms with Gasteiger partial charge in [0.1, 0.15) is 5.75 Å². The molecule has 0 aliphatic heterocycles. The lowest BCUT2D eigenvalue weighted by atomic mass is 10.1. The first-order chi connectivity index (χ1) is 10.2. The van der Waals surface area contributed by atoms with Crippen molar-refractivity contribution in [2.45, 2.75) is 6.10 Å². The molecule has 0 heterocycles. The second-order valence-corrected chi connectivity index (χ2v) is 4.57. The number of benzene rings is 2. The maximum atomic E-state index is 12.0. The van der Waals surface area contributed by atoms with Crippen LogP contribution in [0.5, 0.6) is 5.75 Å². The molecule has 21 heavy (non-hydrogen) atoms. The van der Waals surface area contributed by atoms with Crippen molar-refractivity contribution in [3.8, 4) is 5.75 Å². The molecule has 4 heteroatoms. The Morgan fingerprint density at radius 3 is 2.29 bits per heavy atom. The van der Waals surface area contributed by atoms with Crippen LogP contribution in [0, 0.1) is 0 Å². The third-order valence-corrected chi connectivity index (χ3v) is 3.26. The maximum absolute atomic E-state index is 12.0. The Balaban J connectivity index is 1.97. The van der Waals surface area contributed by atoms with E-state index < -0.39 is 0 Å². The van der Waals surface area contributed by atoms with Gasteiger partial charge in [-0.15, -0.1) is 0 Å². The van der Waals surface area contributed by atoms with Crippen molar-refractivity contribution in [2.24, 2.45) is 0 Å². The quantitative estimate of drug-likeness (QED) is 0.887. The fourth-order valence-corrected chi connectivity index (χ4v) is 2.03. The van der Waals surface area contributed by atoms with Gasteiger partial charge in [-0.1, -0.05) is 30.3 Å². The van der Waals surface area contributed by atoms with Crippen LogP contribution < -0.4 is 10.1 Å². The van der Waals surface area contributed by atoms with Gasteiger partial charge in [0, 0.05) is 19.2 Å². The summed E-state index contributed by atoms with van der Waals surface area (Å²) in [6.07, 6.45) is -0.191. The number of methoxy groups -OCH3 is 2. The molecule has 0 fully saturated rings. The number of rotatable bonds is 6. The lowest BCUT2D eigenvalue weighted by molar-refractivity contribution is 0.0827. The molecule has 110 valence electrons. The highest BCUT2D eigenvalue weighted by atomic mass is 16.5.